The van der Waals surface area contributed by atoms with E-state index >= 15 is 0 Å². The summed E-state index contributed by atoms with van der Waals surface area (Å²) in [7, 11) is 0. The quantitative estimate of drug-likeness (QED) is 0.527. The average Bonchev–Trinajstić information content (AvgIpc) is 2.21. The minimum Gasteiger partial charge on any atom is -0.478 e. The van der Waals surface area contributed by atoms with Crippen LogP contribution >= 0.6 is 0 Å². The van der Waals surface area contributed by atoms with Crippen molar-refractivity contribution in [2.75, 3.05) is 11.1 Å². The molecule has 0 fully saturated rings. The number of aliphatic carboxylic acids is 1. The molecule has 16 heavy (non-hydrogen) atoms. The van der Waals surface area contributed by atoms with Crippen LogP contribution in [0.4, 0.5) is 11.4 Å². The molecule has 0 saturated heterocycles. The van der Waals surface area contributed by atoms with Crippen LogP contribution in [0.15, 0.2) is 35.9 Å². The molecule has 84 valence electrons. The van der Waals surface area contributed by atoms with Gasteiger partial charge in [0.25, 0.3) is 0 Å². The number of amides is 1. The molecule has 0 heterocycles. The highest BCUT2D eigenvalue weighted by Crippen LogP contribution is 2.10. The molecule has 0 saturated carbocycles. The molecule has 1 aromatic rings. The zero-order valence-corrected chi connectivity index (χ0v) is 8.73. The summed E-state index contributed by atoms with van der Waals surface area (Å²) in [6.45, 7) is 1.35. The van der Waals surface area contributed by atoms with E-state index in [0.717, 1.165) is 6.08 Å². The number of nitrogens with two attached hydrogens (primary N) is 1. The van der Waals surface area contributed by atoms with E-state index in [1.807, 2.05) is 0 Å². The number of nitrogens with one attached hydrogen (secondary N) is 1. The molecule has 5 heteroatoms. The number of nitrogen functional groups attached to an aromatic ring is 1. The fourth-order valence-corrected chi connectivity index (χ4v) is 1.00. The standard InChI is InChI=1S/C11H12N2O3/c1-7(11(15)16)6-10(14)13-9-4-2-8(12)3-5-9/h2-6H,12H2,1H3,(H,13,14)(H,15,16). The SMILES string of the molecule is CC(=CC(=O)Nc1ccc(N)cc1)C(=O)O. The third-order valence-electron chi connectivity index (χ3n) is 1.86. The predicted octanol–water partition coefficient (Wildman–Crippen LogP) is 1.24. The fraction of sp³-hybridized carbons (Fsp3) is 0.0909. The van der Waals surface area contributed by atoms with E-state index in [2.05, 4.69) is 5.32 Å². The molecule has 0 atom stereocenters. The van der Waals surface area contributed by atoms with Crippen LogP contribution < -0.4 is 11.1 Å². The third-order valence-corrected chi connectivity index (χ3v) is 1.86. The van der Waals surface area contributed by atoms with E-state index in [-0.39, 0.29) is 5.57 Å². The second-order valence-corrected chi connectivity index (χ2v) is 3.24. The maximum Gasteiger partial charge on any atom is 0.331 e. The Bertz CT molecular complexity index is 435. The molecule has 1 rings (SSSR count). The van der Waals surface area contributed by atoms with E-state index < -0.39 is 11.9 Å². The molecule has 1 aromatic carbocycles. The van der Waals surface area contributed by atoms with Gasteiger partial charge in [-0.2, -0.15) is 0 Å². The molecular weight excluding hydrogens is 208 g/mol. The number of hydrogen-bond acceptors (Lipinski definition) is 3. The van der Waals surface area contributed by atoms with Gasteiger partial charge in [0.05, 0.1) is 0 Å². The molecule has 1 amide bonds. The minimum atomic E-state index is -1.12. The van der Waals surface area contributed by atoms with Crippen molar-refractivity contribution in [1.82, 2.24) is 0 Å². The van der Waals surface area contributed by atoms with Gasteiger partial charge in [-0.05, 0) is 31.2 Å². The van der Waals surface area contributed by atoms with Gasteiger partial charge < -0.3 is 16.2 Å². The van der Waals surface area contributed by atoms with Gasteiger partial charge in [-0.15, -0.1) is 0 Å². The molecule has 0 spiro atoms. The van der Waals surface area contributed by atoms with Gasteiger partial charge in [-0.1, -0.05) is 0 Å². The van der Waals surface area contributed by atoms with Crippen molar-refractivity contribution in [2.45, 2.75) is 6.92 Å². The first-order valence-corrected chi connectivity index (χ1v) is 4.57. The lowest BCUT2D eigenvalue weighted by Crippen LogP contribution is -2.10. The molecule has 0 unspecified atom stereocenters. The number of benzene rings is 1. The van der Waals surface area contributed by atoms with Crippen molar-refractivity contribution in [1.29, 1.82) is 0 Å². The Kier molecular flexibility index (Phi) is 3.66. The van der Waals surface area contributed by atoms with Crippen LogP contribution in [0.25, 0.3) is 0 Å². The summed E-state index contributed by atoms with van der Waals surface area (Å²) in [4.78, 5) is 21.8. The maximum absolute atomic E-state index is 11.3. The lowest BCUT2D eigenvalue weighted by atomic mass is 10.2. The Morgan fingerprint density at radius 3 is 2.38 bits per heavy atom. The smallest absolute Gasteiger partial charge is 0.331 e. The van der Waals surface area contributed by atoms with Crippen LogP contribution in [0.1, 0.15) is 6.92 Å². The first-order valence-electron chi connectivity index (χ1n) is 4.57. The number of anilines is 2. The third kappa shape index (κ3) is 3.45. The number of rotatable bonds is 3. The van der Waals surface area contributed by atoms with Gasteiger partial charge in [0.1, 0.15) is 0 Å². The van der Waals surface area contributed by atoms with Crippen molar-refractivity contribution in [3.63, 3.8) is 0 Å². The van der Waals surface area contributed by atoms with Crippen LogP contribution in [0.3, 0.4) is 0 Å². The first-order chi connectivity index (χ1) is 7.49. The monoisotopic (exact) mass is 220 g/mol. The number of carboxylic acid groups (broad SMARTS) is 1. The second kappa shape index (κ2) is 4.97. The Balaban J connectivity index is 2.68. The Hall–Kier alpha value is -2.30. The molecule has 0 aliphatic rings. The minimum absolute atomic E-state index is 0.0204. The van der Waals surface area contributed by atoms with Crippen LogP contribution in [0.5, 0.6) is 0 Å². The largest absolute Gasteiger partial charge is 0.478 e. The van der Waals surface area contributed by atoms with Gasteiger partial charge in [0.15, 0.2) is 0 Å². The Morgan fingerprint density at radius 1 is 1.31 bits per heavy atom. The average molecular weight is 220 g/mol. The molecule has 0 radical (unpaired) electrons. The molecule has 0 aliphatic heterocycles. The summed E-state index contributed by atoms with van der Waals surface area (Å²) in [6, 6.07) is 6.56. The second-order valence-electron chi connectivity index (χ2n) is 3.24. The number of carbonyl (C=O) groups excluding carboxylic acids is 1. The molecule has 5 nitrogen and oxygen atoms in total. The number of hydrogen-bond donors (Lipinski definition) is 3. The number of carbonyl (C=O) groups is 2. The van der Waals surface area contributed by atoms with Gasteiger partial charge in [0.2, 0.25) is 5.91 Å². The van der Waals surface area contributed by atoms with Crippen molar-refractivity contribution in [3.8, 4) is 0 Å². The summed E-state index contributed by atoms with van der Waals surface area (Å²) >= 11 is 0. The zero-order valence-electron chi connectivity index (χ0n) is 8.73. The lowest BCUT2D eigenvalue weighted by molar-refractivity contribution is -0.132. The van der Waals surface area contributed by atoms with Gasteiger partial charge in [-0.3, -0.25) is 4.79 Å². The summed E-state index contributed by atoms with van der Waals surface area (Å²) in [5.41, 5.74) is 6.61. The fourth-order valence-electron chi connectivity index (χ4n) is 1.00. The number of carboxylic acids is 1. The maximum atomic E-state index is 11.3. The highest BCUT2D eigenvalue weighted by atomic mass is 16.4. The van der Waals surface area contributed by atoms with Crippen molar-refractivity contribution in [3.05, 3.63) is 35.9 Å². The van der Waals surface area contributed by atoms with Crippen molar-refractivity contribution >= 4 is 23.3 Å². The molecule has 0 aromatic heterocycles. The van der Waals surface area contributed by atoms with E-state index in [0.29, 0.717) is 11.4 Å². The predicted molar refractivity (Wildman–Crippen MR) is 60.9 cm³/mol. The van der Waals surface area contributed by atoms with Crippen LogP contribution in [0, 0.1) is 0 Å². The summed E-state index contributed by atoms with van der Waals surface area (Å²) in [6.07, 6.45) is 1.03. The van der Waals surface area contributed by atoms with E-state index in [4.69, 9.17) is 10.8 Å². The van der Waals surface area contributed by atoms with Crippen LogP contribution in [-0.4, -0.2) is 17.0 Å². The van der Waals surface area contributed by atoms with Crippen molar-refractivity contribution in [2.24, 2.45) is 0 Å². The van der Waals surface area contributed by atoms with Gasteiger partial charge >= 0.3 is 5.97 Å². The summed E-state index contributed by atoms with van der Waals surface area (Å²) in [5, 5.41) is 11.1. The van der Waals surface area contributed by atoms with Crippen LogP contribution in [0.2, 0.25) is 0 Å². The van der Waals surface area contributed by atoms with Crippen molar-refractivity contribution < 1.29 is 14.7 Å². The first kappa shape index (κ1) is 11.8. The molecular formula is C11H12N2O3. The Labute approximate surface area is 92.6 Å². The van der Waals surface area contributed by atoms with E-state index in [1.165, 1.54) is 6.92 Å². The highest BCUT2D eigenvalue weighted by molar-refractivity contribution is 6.04. The van der Waals surface area contributed by atoms with E-state index in [1.54, 1.807) is 24.3 Å². The lowest BCUT2D eigenvalue weighted by Gasteiger charge is -2.02. The molecule has 4 N–H and O–H groups in total. The summed E-state index contributed by atoms with van der Waals surface area (Å²) < 4.78 is 0. The topological polar surface area (TPSA) is 92.4 Å². The van der Waals surface area contributed by atoms with Gasteiger partial charge in [-0.25, -0.2) is 4.79 Å². The molecule has 0 aliphatic carbocycles. The highest BCUT2D eigenvalue weighted by Gasteiger charge is 2.04. The van der Waals surface area contributed by atoms with Crippen LogP contribution in [-0.2, 0) is 9.59 Å². The zero-order chi connectivity index (χ0) is 12.1. The Morgan fingerprint density at radius 2 is 1.88 bits per heavy atom. The van der Waals surface area contributed by atoms with Gasteiger partial charge in [0, 0.05) is 23.0 Å². The summed E-state index contributed by atoms with van der Waals surface area (Å²) in [5.74, 6) is -1.60. The normalized spacial score (nSPS) is 10.9. The van der Waals surface area contributed by atoms with E-state index in [9.17, 15) is 9.59 Å². The molecule has 0 bridgehead atoms.